The highest BCUT2D eigenvalue weighted by atomic mass is 16.2. The van der Waals surface area contributed by atoms with Gasteiger partial charge in [-0.15, -0.1) is 0 Å². The van der Waals surface area contributed by atoms with E-state index in [4.69, 9.17) is 5.26 Å². The Morgan fingerprint density at radius 2 is 2.05 bits per heavy atom. The Morgan fingerprint density at radius 3 is 2.71 bits per heavy atom. The van der Waals surface area contributed by atoms with E-state index < -0.39 is 0 Å². The lowest BCUT2D eigenvalue weighted by atomic mass is 10.1. The van der Waals surface area contributed by atoms with Crippen LogP contribution in [-0.2, 0) is 11.3 Å². The Hall–Kier alpha value is -1.90. The van der Waals surface area contributed by atoms with Crippen LogP contribution in [0.5, 0.6) is 0 Å². The van der Waals surface area contributed by atoms with Gasteiger partial charge in [0.25, 0.3) is 0 Å². The molecule has 112 valence electrons. The fraction of sp³-hybridized carbons (Fsp3) is 0.500. The average molecular weight is 286 g/mol. The second-order valence-corrected chi connectivity index (χ2v) is 5.67. The first-order valence-corrected chi connectivity index (χ1v) is 7.22. The Kier molecular flexibility index (Phi) is 5.32. The zero-order valence-electron chi connectivity index (χ0n) is 12.7. The highest BCUT2D eigenvalue weighted by Crippen LogP contribution is 2.07. The van der Waals surface area contributed by atoms with Crippen LogP contribution in [0.2, 0.25) is 0 Å². The van der Waals surface area contributed by atoms with Gasteiger partial charge in [-0.2, -0.15) is 5.26 Å². The van der Waals surface area contributed by atoms with E-state index in [0.717, 1.165) is 31.7 Å². The average Bonchev–Trinajstić information content (AvgIpc) is 2.47. The number of piperazine rings is 1. The molecule has 0 N–H and O–H groups in total. The standard InChI is InChI=1S/C16H22N4O/c1-18-6-8-20(9-7-18)16(21)13-19(2)12-15-5-3-4-14(10-15)11-17/h3-5,10H,6-9,12-13H2,1-2H3. The molecule has 0 radical (unpaired) electrons. The molecule has 1 saturated heterocycles. The minimum absolute atomic E-state index is 0.182. The topological polar surface area (TPSA) is 50.6 Å². The number of nitriles is 1. The van der Waals surface area contributed by atoms with Crippen LogP contribution in [0.1, 0.15) is 11.1 Å². The number of hydrogen-bond acceptors (Lipinski definition) is 4. The summed E-state index contributed by atoms with van der Waals surface area (Å²) in [5.41, 5.74) is 1.72. The fourth-order valence-corrected chi connectivity index (χ4v) is 2.49. The van der Waals surface area contributed by atoms with E-state index in [1.54, 1.807) is 6.07 Å². The number of nitrogens with zero attached hydrogens (tertiary/aromatic N) is 4. The summed E-state index contributed by atoms with van der Waals surface area (Å²) in [5, 5.41) is 8.90. The molecule has 2 rings (SSSR count). The van der Waals surface area contributed by atoms with Crippen molar-refractivity contribution in [3.63, 3.8) is 0 Å². The molecule has 0 aliphatic carbocycles. The van der Waals surface area contributed by atoms with Crippen molar-refractivity contribution in [2.45, 2.75) is 6.54 Å². The first kappa shape index (κ1) is 15.5. The van der Waals surface area contributed by atoms with Crippen molar-refractivity contribution in [3.8, 4) is 6.07 Å². The third-order valence-corrected chi connectivity index (χ3v) is 3.77. The molecular weight excluding hydrogens is 264 g/mol. The zero-order chi connectivity index (χ0) is 15.2. The van der Waals surface area contributed by atoms with E-state index >= 15 is 0 Å². The van der Waals surface area contributed by atoms with Gasteiger partial charge in [-0.05, 0) is 31.8 Å². The summed E-state index contributed by atoms with van der Waals surface area (Å²) in [6.07, 6.45) is 0. The molecule has 21 heavy (non-hydrogen) atoms. The van der Waals surface area contributed by atoms with Gasteiger partial charge in [0.1, 0.15) is 0 Å². The zero-order valence-corrected chi connectivity index (χ0v) is 12.7. The number of carbonyl (C=O) groups is 1. The third kappa shape index (κ3) is 4.55. The number of hydrogen-bond donors (Lipinski definition) is 0. The van der Waals surface area contributed by atoms with Gasteiger partial charge in [0.05, 0.1) is 18.2 Å². The van der Waals surface area contributed by atoms with Gasteiger partial charge in [0.2, 0.25) is 5.91 Å². The van der Waals surface area contributed by atoms with Crippen molar-refractivity contribution in [1.82, 2.24) is 14.7 Å². The largest absolute Gasteiger partial charge is 0.339 e. The lowest BCUT2D eigenvalue weighted by molar-refractivity contribution is -0.133. The molecule has 1 aromatic rings. The van der Waals surface area contributed by atoms with Crippen molar-refractivity contribution >= 4 is 5.91 Å². The number of benzene rings is 1. The van der Waals surface area contributed by atoms with Crippen molar-refractivity contribution in [3.05, 3.63) is 35.4 Å². The van der Waals surface area contributed by atoms with Crippen molar-refractivity contribution in [2.24, 2.45) is 0 Å². The van der Waals surface area contributed by atoms with Crippen LogP contribution in [0.4, 0.5) is 0 Å². The molecule has 0 saturated carbocycles. The number of carbonyl (C=O) groups excluding carboxylic acids is 1. The monoisotopic (exact) mass is 286 g/mol. The number of likely N-dealkylation sites (N-methyl/N-ethyl adjacent to an activating group) is 2. The van der Waals surface area contributed by atoms with Crippen molar-refractivity contribution in [1.29, 1.82) is 5.26 Å². The van der Waals surface area contributed by atoms with Gasteiger partial charge in [-0.25, -0.2) is 0 Å². The maximum atomic E-state index is 12.2. The molecule has 0 spiro atoms. The van der Waals surface area contributed by atoms with Gasteiger partial charge >= 0.3 is 0 Å². The SMILES string of the molecule is CN1CCN(C(=O)CN(C)Cc2cccc(C#N)c2)CC1. The summed E-state index contributed by atoms with van der Waals surface area (Å²) in [4.78, 5) is 18.4. The molecule has 1 fully saturated rings. The van der Waals surface area contributed by atoms with E-state index in [2.05, 4.69) is 18.0 Å². The minimum Gasteiger partial charge on any atom is -0.339 e. The normalized spacial score (nSPS) is 16.0. The van der Waals surface area contributed by atoms with Crippen LogP contribution in [0.3, 0.4) is 0 Å². The highest BCUT2D eigenvalue weighted by molar-refractivity contribution is 5.78. The molecule has 0 unspecified atom stereocenters. The van der Waals surface area contributed by atoms with Gasteiger partial charge in [-0.3, -0.25) is 9.69 Å². The molecule has 0 aromatic heterocycles. The van der Waals surface area contributed by atoms with E-state index in [0.29, 0.717) is 18.7 Å². The Balaban J connectivity index is 1.85. The molecule has 1 aliphatic rings. The molecule has 1 aliphatic heterocycles. The smallest absolute Gasteiger partial charge is 0.236 e. The third-order valence-electron chi connectivity index (χ3n) is 3.77. The molecule has 5 heteroatoms. The highest BCUT2D eigenvalue weighted by Gasteiger charge is 2.19. The van der Waals surface area contributed by atoms with Gasteiger partial charge in [0, 0.05) is 32.7 Å². The second-order valence-electron chi connectivity index (χ2n) is 5.67. The summed E-state index contributed by atoms with van der Waals surface area (Å²) in [6, 6.07) is 9.66. The predicted octanol–water partition coefficient (Wildman–Crippen LogP) is 0.764. The molecule has 1 aromatic carbocycles. The Morgan fingerprint density at radius 1 is 1.33 bits per heavy atom. The number of rotatable bonds is 4. The molecule has 1 amide bonds. The first-order valence-electron chi connectivity index (χ1n) is 7.22. The van der Waals surface area contributed by atoms with Crippen molar-refractivity contribution in [2.75, 3.05) is 46.8 Å². The van der Waals surface area contributed by atoms with Crippen LogP contribution in [0, 0.1) is 11.3 Å². The first-order chi connectivity index (χ1) is 10.1. The summed E-state index contributed by atoms with van der Waals surface area (Å²) in [5.74, 6) is 0.182. The van der Waals surface area contributed by atoms with Gasteiger partial charge in [0.15, 0.2) is 0 Å². The van der Waals surface area contributed by atoms with Crippen LogP contribution in [-0.4, -0.2) is 67.4 Å². The fourth-order valence-electron chi connectivity index (χ4n) is 2.49. The molecule has 5 nitrogen and oxygen atoms in total. The van der Waals surface area contributed by atoms with Gasteiger partial charge in [-0.1, -0.05) is 12.1 Å². The summed E-state index contributed by atoms with van der Waals surface area (Å²) in [7, 11) is 4.02. The Labute approximate surface area is 126 Å². The summed E-state index contributed by atoms with van der Waals surface area (Å²) >= 11 is 0. The second kappa shape index (κ2) is 7.21. The lowest BCUT2D eigenvalue weighted by Gasteiger charge is -2.33. The van der Waals surface area contributed by atoms with Crippen LogP contribution in [0.25, 0.3) is 0 Å². The molecular formula is C16H22N4O. The number of amides is 1. The van der Waals surface area contributed by atoms with E-state index in [1.165, 1.54) is 0 Å². The van der Waals surface area contributed by atoms with E-state index in [9.17, 15) is 4.79 Å². The summed E-state index contributed by atoms with van der Waals surface area (Å²) < 4.78 is 0. The lowest BCUT2D eigenvalue weighted by Crippen LogP contribution is -2.49. The molecule has 0 atom stereocenters. The van der Waals surface area contributed by atoms with E-state index in [1.807, 2.05) is 35.0 Å². The predicted molar refractivity (Wildman–Crippen MR) is 81.6 cm³/mol. The molecule has 1 heterocycles. The minimum atomic E-state index is 0.182. The van der Waals surface area contributed by atoms with E-state index in [-0.39, 0.29) is 5.91 Å². The van der Waals surface area contributed by atoms with Crippen LogP contribution in [0.15, 0.2) is 24.3 Å². The quantitative estimate of drug-likeness (QED) is 0.820. The molecule has 0 bridgehead atoms. The van der Waals surface area contributed by atoms with Crippen LogP contribution < -0.4 is 0 Å². The van der Waals surface area contributed by atoms with Crippen molar-refractivity contribution < 1.29 is 4.79 Å². The van der Waals surface area contributed by atoms with Crippen LogP contribution >= 0.6 is 0 Å². The maximum Gasteiger partial charge on any atom is 0.236 e. The summed E-state index contributed by atoms with van der Waals surface area (Å²) in [6.45, 7) is 4.61. The Bertz CT molecular complexity index is 529. The maximum absolute atomic E-state index is 12.2. The van der Waals surface area contributed by atoms with Gasteiger partial charge < -0.3 is 9.80 Å².